The van der Waals surface area contributed by atoms with Gasteiger partial charge in [-0.05, 0) is 24.6 Å². The average molecular weight is 252 g/mol. The Morgan fingerprint density at radius 1 is 1.35 bits per heavy atom. The molecular formula is C12H10ClNO3. The number of esters is 1. The Balaban J connectivity index is 2.78. The molecule has 0 saturated heterocycles. The molecule has 5 heteroatoms. The number of hydrogen-bond acceptors (Lipinski definition) is 3. The topological polar surface area (TPSA) is 59.2 Å². The van der Waals surface area contributed by atoms with E-state index in [-0.39, 0.29) is 11.1 Å². The summed E-state index contributed by atoms with van der Waals surface area (Å²) in [6.07, 6.45) is 0. The number of aryl methyl sites for hydroxylation is 1. The zero-order valence-corrected chi connectivity index (χ0v) is 10.1. The number of hydrogen-bond donors (Lipinski definition) is 1. The minimum Gasteiger partial charge on any atom is -0.464 e. The fourth-order valence-electron chi connectivity index (χ4n) is 1.60. The third kappa shape index (κ3) is 2.03. The second-order valence-corrected chi connectivity index (χ2v) is 4.09. The van der Waals surface area contributed by atoms with Gasteiger partial charge in [-0.15, -0.1) is 0 Å². The van der Waals surface area contributed by atoms with Crippen molar-refractivity contribution in [2.24, 2.45) is 0 Å². The number of nitrogens with one attached hydrogen (secondary N) is 1. The van der Waals surface area contributed by atoms with Gasteiger partial charge >= 0.3 is 5.97 Å². The molecule has 0 unspecified atom stereocenters. The Bertz CT molecular complexity index is 661. The molecule has 0 bridgehead atoms. The van der Waals surface area contributed by atoms with Crippen LogP contribution in [0.25, 0.3) is 10.9 Å². The number of aromatic amines is 1. The largest absolute Gasteiger partial charge is 0.464 e. The smallest absolute Gasteiger partial charge is 0.354 e. The number of pyridine rings is 1. The van der Waals surface area contributed by atoms with Crippen molar-refractivity contribution in [1.29, 1.82) is 0 Å². The lowest BCUT2D eigenvalue weighted by Crippen LogP contribution is -2.11. The van der Waals surface area contributed by atoms with Crippen molar-refractivity contribution in [2.75, 3.05) is 7.11 Å². The summed E-state index contributed by atoms with van der Waals surface area (Å²) < 4.78 is 4.55. The van der Waals surface area contributed by atoms with E-state index in [1.165, 1.54) is 13.2 Å². The van der Waals surface area contributed by atoms with E-state index in [1.54, 1.807) is 12.1 Å². The molecule has 0 radical (unpaired) electrons. The normalized spacial score (nSPS) is 10.5. The lowest BCUT2D eigenvalue weighted by atomic mass is 10.1. The van der Waals surface area contributed by atoms with Crippen LogP contribution in [0.1, 0.15) is 16.1 Å². The molecule has 1 N–H and O–H groups in total. The highest BCUT2D eigenvalue weighted by atomic mass is 35.5. The standard InChI is InChI=1S/C12H10ClNO3/c1-6-3-7-9(4-8(6)13)14-10(5-11(7)15)12(16)17-2/h3-5H,1-2H3,(H,14,15). The third-order valence-electron chi connectivity index (χ3n) is 2.51. The molecule has 0 saturated carbocycles. The molecule has 1 aromatic carbocycles. The number of halogens is 1. The van der Waals surface area contributed by atoms with E-state index in [9.17, 15) is 9.59 Å². The summed E-state index contributed by atoms with van der Waals surface area (Å²) in [5, 5.41) is 1.04. The van der Waals surface area contributed by atoms with Crippen LogP contribution in [-0.2, 0) is 4.74 Å². The maximum atomic E-state index is 11.8. The number of methoxy groups -OCH3 is 1. The van der Waals surface area contributed by atoms with Gasteiger partial charge in [0.2, 0.25) is 0 Å². The molecular weight excluding hydrogens is 242 g/mol. The summed E-state index contributed by atoms with van der Waals surface area (Å²) in [5.74, 6) is -0.583. The van der Waals surface area contributed by atoms with Gasteiger partial charge in [-0.2, -0.15) is 0 Å². The molecule has 0 aliphatic carbocycles. The number of aromatic nitrogens is 1. The van der Waals surface area contributed by atoms with E-state index >= 15 is 0 Å². The molecule has 0 atom stereocenters. The van der Waals surface area contributed by atoms with E-state index in [1.807, 2.05) is 6.92 Å². The highest BCUT2D eigenvalue weighted by molar-refractivity contribution is 6.32. The predicted molar refractivity (Wildman–Crippen MR) is 65.7 cm³/mol. The number of benzene rings is 1. The van der Waals surface area contributed by atoms with Crippen molar-refractivity contribution < 1.29 is 9.53 Å². The molecule has 1 aromatic heterocycles. The van der Waals surface area contributed by atoms with Gasteiger partial charge in [0.1, 0.15) is 5.69 Å². The van der Waals surface area contributed by atoms with Crippen LogP contribution in [-0.4, -0.2) is 18.1 Å². The lowest BCUT2D eigenvalue weighted by molar-refractivity contribution is 0.0594. The monoisotopic (exact) mass is 251 g/mol. The quantitative estimate of drug-likeness (QED) is 0.791. The molecule has 1 heterocycles. The zero-order chi connectivity index (χ0) is 12.6. The van der Waals surface area contributed by atoms with Gasteiger partial charge in [-0.25, -0.2) is 4.79 Å². The highest BCUT2D eigenvalue weighted by Gasteiger charge is 2.10. The Morgan fingerprint density at radius 3 is 2.71 bits per heavy atom. The predicted octanol–water partition coefficient (Wildman–Crippen LogP) is 2.28. The number of ether oxygens (including phenoxy) is 1. The first-order valence-corrected chi connectivity index (χ1v) is 5.32. The number of fused-ring (bicyclic) bond motifs is 1. The summed E-state index contributed by atoms with van der Waals surface area (Å²) in [6, 6.07) is 4.54. The van der Waals surface area contributed by atoms with Crippen LogP contribution in [0.15, 0.2) is 23.0 Å². The lowest BCUT2D eigenvalue weighted by Gasteiger charge is -2.04. The summed E-state index contributed by atoms with van der Waals surface area (Å²) in [6.45, 7) is 1.81. The summed E-state index contributed by atoms with van der Waals surface area (Å²) in [7, 11) is 1.26. The number of carbonyl (C=O) groups is 1. The first kappa shape index (κ1) is 11.7. The van der Waals surface area contributed by atoms with Gasteiger partial charge in [0.15, 0.2) is 5.43 Å². The van der Waals surface area contributed by atoms with Crippen LogP contribution in [0.3, 0.4) is 0 Å². The van der Waals surface area contributed by atoms with Gasteiger partial charge in [0.05, 0.1) is 12.6 Å². The Labute approximate surface area is 102 Å². The van der Waals surface area contributed by atoms with Crippen LogP contribution in [0.4, 0.5) is 0 Å². The summed E-state index contributed by atoms with van der Waals surface area (Å²) in [5.41, 5.74) is 1.22. The highest BCUT2D eigenvalue weighted by Crippen LogP contribution is 2.20. The first-order chi connectivity index (χ1) is 8.02. The maximum absolute atomic E-state index is 11.8. The van der Waals surface area contributed by atoms with Crippen LogP contribution >= 0.6 is 11.6 Å². The van der Waals surface area contributed by atoms with Crippen LogP contribution < -0.4 is 5.43 Å². The molecule has 0 aliphatic rings. The fourth-order valence-corrected chi connectivity index (χ4v) is 1.76. The van der Waals surface area contributed by atoms with E-state index in [0.29, 0.717) is 15.9 Å². The molecule has 0 fully saturated rings. The number of rotatable bonds is 1. The molecule has 4 nitrogen and oxygen atoms in total. The second kappa shape index (κ2) is 4.22. The fraction of sp³-hybridized carbons (Fsp3) is 0.167. The molecule has 0 spiro atoms. The van der Waals surface area contributed by atoms with Gasteiger partial charge < -0.3 is 9.72 Å². The minimum atomic E-state index is -0.583. The van der Waals surface area contributed by atoms with Crippen molar-refractivity contribution in [1.82, 2.24) is 4.98 Å². The average Bonchev–Trinajstić information content (AvgIpc) is 2.30. The Kier molecular flexibility index (Phi) is 2.90. The first-order valence-electron chi connectivity index (χ1n) is 4.94. The van der Waals surface area contributed by atoms with Gasteiger partial charge in [-0.3, -0.25) is 4.79 Å². The number of H-pyrrole nitrogens is 1. The van der Waals surface area contributed by atoms with Crippen LogP contribution in [0, 0.1) is 6.92 Å². The van der Waals surface area contributed by atoms with Crippen molar-refractivity contribution in [3.63, 3.8) is 0 Å². The minimum absolute atomic E-state index is 0.116. The third-order valence-corrected chi connectivity index (χ3v) is 2.92. The van der Waals surface area contributed by atoms with E-state index in [0.717, 1.165) is 5.56 Å². The number of carbonyl (C=O) groups excluding carboxylic acids is 1. The Morgan fingerprint density at radius 2 is 2.06 bits per heavy atom. The molecule has 0 aliphatic heterocycles. The molecule has 88 valence electrons. The van der Waals surface area contributed by atoms with Gasteiger partial charge in [0, 0.05) is 16.5 Å². The summed E-state index contributed by atoms with van der Waals surface area (Å²) in [4.78, 5) is 26.0. The molecule has 2 aromatic rings. The Hall–Kier alpha value is -1.81. The van der Waals surface area contributed by atoms with Crippen LogP contribution in [0.5, 0.6) is 0 Å². The molecule has 0 amide bonds. The second-order valence-electron chi connectivity index (χ2n) is 3.69. The zero-order valence-electron chi connectivity index (χ0n) is 9.33. The van der Waals surface area contributed by atoms with Gasteiger partial charge in [-0.1, -0.05) is 11.6 Å². The molecule has 2 rings (SSSR count). The maximum Gasteiger partial charge on any atom is 0.354 e. The van der Waals surface area contributed by atoms with Crippen molar-refractivity contribution in [2.45, 2.75) is 6.92 Å². The van der Waals surface area contributed by atoms with Crippen molar-refractivity contribution >= 4 is 28.5 Å². The SMILES string of the molecule is COC(=O)c1cc(=O)c2cc(C)c(Cl)cc2[nH]1. The van der Waals surface area contributed by atoms with Crippen molar-refractivity contribution in [3.8, 4) is 0 Å². The molecule has 17 heavy (non-hydrogen) atoms. The van der Waals surface area contributed by atoms with E-state index in [2.05, 4.69) is 9.72 Å². The van der Waals surface area contributed by atoms with Gasteiger partial charge in [0.25, 0.3) is 0 Å². The van der Waals surface area contributed by atoms with Crippen molar-refractivity contribution in [3.05, 3.63) is 44.7 Å². The summed E-state index contributed by atoms with van der Waals surface area (Å²) >= 11 is 5.97. The van der Waals surface area contributed by atoms with Crippen LogP contribution in [0.2, 0.25) is 5.02 Å². The van der Waals surface area contributed by atoms with E-state index < -0.39 is 5.97 Å². The van der Waals surface area contributed by atoms with E-state index in [4.69, 9.17) is 11.6 Å².